The standard InChI is InChI=1S/C16H18.C8H10/c1-11-5-7-15(9-13(11)3)16-8-6-12(2)14(4)10-16;1-7-4-3-5-8(2)6-7/h5-10H,1-4H3;3-6H,1-2H3. The van der Waals surface area contributed by atoms with Crippen LogP contribution in [-0.4, -0.2) is 0 Å². The molecule has 24 heavy (non-hydrogen) atoms. The van der Waals surface area contributed by atoms with Crippen molar-refractivity contribution in [2.45, 2.75) is 41.5 Å². The molecule has 0 radical (unpaired) electrons. The lowest BCUT2D eigenvalue weighted by atomic mass is 9.98. The smallest absolute Gasteiger partial charge is 0.0181 e. The van der Waals surface area contributed by atoms with Gasteiger partial charge < -0.3 is 0 Å². The lowest BCUT2D eigenvalue weighted by Gasteiger charge is -2.08. The summed E-state index contributed by atoms with van der Waals surface area (Å²) in [6.07, 6.45) is 0. The Bertz CT molecular complexity index is 758. The predicted molar refractivity (Wildman–Crippen MR) is 107 cm³/mol. The fraction of sp³-hybridized carbons (Fsp3) is 0.250. The third-order valence-electron chi connectivity index (χ3n) is 4.52. The summed E-state index contributed by atoms with van der Waals surface area (Å²) in [6, 6.07) is 21.8. The topological polar surface area (TPSA) is 0 Å². The average molecular weight is 316 g/mol. The molecular formula is C24H28. The first kappa shape index (κ1) is 18.0. The Labute approximate surface area is 147 Å². The monoisotopic (exact) mass is 316 g/mol. The molecule has 0 saturated carbocycles. The Morgan fingerprint density at radius 1 is 0.417 bits per heavy atom. The normalized spacial score (nSPS) is 10.1. The summed E-state index contributed by atoms with van der Waals surface area (Å²) in [5.41, 5.74) is 10.7. The van der Waals surface area contributed by atoms with Gasteiger partial charge in [-0.3, -0.25) is 0 Å². The van der Waals surface area contributed by atoms with Crippen molar-refractivity contribution in [3.05, 3.63) is 94.0 Å². The van der Waals surface area contributed by atoms with E-state index in [0.29, 0.717) is 0 Å². The van der Waals surface area contributed by atoms with Gasteiger partial charge in [0, 0.05) is 0 Å². The molecule has 0 spiro atoms. The van der Waals surface area contributed by atoms with Crippen LogP contribution in [0.4, 0.5) is 0 Å². The zero-order valence-corrected chi connectivity index (χ0v) is 15.8. The molecule has 0 nitrogen and oxygen atoms in total. The molecule has 0 bridgehead atoms. The van der Waals surface area contributed by atoms with Gasteiger partial charge in [0.2, 0.25) is 0 Å². The van der Waals surface area contributed by atoms with Crippen molar-refractivity contribution in [2.24, 2.45) is 0 Å². The third kappa shape index (κ3) is 4.83. The minimum absolute atomic E-state index is 1.31. The van der Waals surface area contributed by atoms with E-state index in [-0.39, 0.29) is 0 Å². The van der Waals surface area contributed by atoms with E-state index in [1.165, 1.54) is 44.5 Å². The molecule has 0 heterocycles. The van der Waals surface area contributed by atoms with Crippen molar-refractivity contribution in [1.29, 1.82) is 0 Å². The van der Waals surface area contributed by atoms with Crippen LogP contribution in [0.5, 0.6) is 0 Å². The SMILES string of the molecule is Cc1ccc(-c2ccc(C)c(C)c2)cc1C.Cc1cccc(C)c1. The fourth-order valence-electron chi connectivity index (χ4n) is 2.65. The molecule has 3 aromatic rings. The molecule has 3 rings (SSSR count). The summed E-state index contributed by atoms with van der Waals surface area (Å²) in [5, 5.41) is 0. The zero-order chi connectivity index (χ0) is 17.7. The summed E-state index contributed by atoms with van der Waals surface area (Å²) >= 11 is 0. The molecule has 0 saturated heterocycles. The van der Waals surface area contributed by atoms with Crippen LogP contribution in [0.15, 0.2) is 60.7 Å². The Balaban J connectivity index is 0.000000219. The van der Waals surface area contributed by atoms with E-state index in [9.17, 15) is 0 Å². The molecule has 0 atom stereocenters. The van der Waals surface area contributed by atoms with Crippen LogP contribution in [0.3, 0.4) is 0 Å². The second-order valence-electron chi connectivity index (χ2n) is 6.76. The molecule has 0 N–H and O–H groups in total. The molecule has 0 fully saturated rings. The van der Waals surface area contributed by atoms with E-state index in [0.717, 1.165) is 0 Å². The average Bonchev–Trinajstić information content (AvgIpc) is 2.53. The van der Waals surface area contributed by atoms with Crippen molar-refractivity contribution < 1.29 is 0 Å². The Morgan fingerprint density at radius 2 is 0.833 bits per heavy atom. The maximum Gasteiger partial charge on any atom is -0.0181 e. The van der Waals surface area contributed by atoms with Gasteiger partial charge >= 0.3 is 0 Å². The van der Waals surface area contributed by atoms with Gasteiger partial charge in [0.1, 0.15) is 0 Å². The Hall–Kier alpha value is -2.34. The van der Waals surface area contributed by atoms with Crippen LogP contribution in [-0.2, 0) is 0 Å². The molecule has 0 amide bonds. The third-order valence-corrected chi connectivity index (χ3v) is 4.52. The molecule has 0 aliphatic carbocycles. The number of hydrogen-bond donors (Lipinski definition) is 0. The van der Waals surface area contributed by atoms with Gasteiger partial charge in [-0.05, 0) is 74.9 Å². The molecular weight excluding hydrogens is 288 g/mol. The minimum atomic E-state index is 1.31. The van der Waals surface area contributed by atoms with Gasteiger partial charge in [-0.15, -0.1) is 0 Å². The Morgan fingerprint density at radius 3 is 1.12 bits per heavy atom. The van der Waals surface area contributed by atoms with Crippen molar-refractivity contribution in [3.8, 4) is 11.1 Å². The second kappa shape index (κ2) is 7.97. The van der Waals surface area contributed by atoms with Gasteiger partial charge in [0.05, 0.1) is 0 Å². The highest BCUT2D eigenvalue weighted by atomic mass is 14.1. The van der Waals surface area contributed by atoms with Gasteiger partial charge in [-0.1, -0.05) is 71.8 Å². The summed E-state index contributed by atoms with van der Waals surface area (Å²) < 4.78 is 0. The zero-order valence-electron chi connectivity index (χ0n) is 15.8. The van der Waals surface area contributed by atoms with Crippen LogP contribution in [0.25, 0.3) is 11.1 Å². The van der Waals surface area contributed by atoms with E-state index >= 15 is 0 Å². The second-order valence-corrected chi connectivity index (χ2v) is 6.76. The van der Waals surface area contributed by atoms with Crippen molar-refractivity contribution in [2.75, 3.05) is 0 Å². The highest BCUT2D eigenvalue weighted by Gasteiger charge is 2.01. The first-order chi connectivity index (χ1) is 11.4. The molecule has 124 valence electrons. The van der Waals surface area contributed by atoms with Crippen LogP contribution >= 0.6 is 0 Å². The minimum Gasteiger partial charge on any atom is -0.0617 e. The molecule has 0 aromatic heterocycles. The maximum absolute atomic E-state index is 2.26. The van der Waals surface area contributed by atoms with Crippen LogP contribution in [0.2, 0.25) is 0 Å². The molecule has 0 aliphatic rings. The fourth-order valence-corrected chi connectivity index (χ4v) is 2.65. The molecule has 0 heteroatoms. The van der Waals surface area contributed by atoms with Gasteiger partial charge in [0.25, 0.3) is 0 Å². The van der Waals surface area contributed by atoms with Crippen molar-refractivity contribution in [3.63, 3.8) is 0 Å². The van der Waals surface area contributed by atoms with Gasteiger partial charge in [0.15, 0.2) is 0 Å². The van der Waals surface area contributed by atoms with Crippen LogP contribution in [0, 0.1) is 41.5 Å². The molecule has 0 aliphatic heterocycles. The molecule has 0 unspecified atom stereocenters. The lowest BCUT2D eigenvalue weighted by Crippen LogP contribution is -1.86. The lowest BCUT2D eigenvalue weighted by molar-refractivity contribution is 1.32. The van der Waals surface area contributed by atoms with E-state index in [2.05, 4.69) is 102 Å². The Kier molecular flexibility index (Phi) is 5.98. The number of rotatable bonds is 1. The number of benzene rings is 3. The highest BCUT2D eigenvalue weighted by Crippen LogP contribution is 2.24. The number of aryl methyl sites for hydroxylation is 6. The van der Waals surface area contributed by atoms with E-state index in [4.69, 9.17) is 0 Å². The summed E-state index contributed by atoms with van der Waals surface area (Å²) in [4.78, 5) is 0. The first-order valence-corrected chi connectivity index (χ1v) is 8.55. The van der Waals surface area contributed by atoms with Gasteiger partial charge in [-0.2, -0.15) is 0 Å². The summed E-state index contributed by atoms with van der Waals surface area (Å²) in [6.45, 7) is 12.8. The summed E-state index contributed by atoms with van der Waals surface area (Å²) in [5.74, 6) is 0. The predicted octanol–water partition coefficient (Wildman–Crippen LogP) is 6.89. The van der Waals surface area contributed by atoms with E-state index in [1.807, 2.05) is 0 Å². The quantitative estimate of drug-likeness (QED) is 0.458. The number of hydrogen-bond acceptors (Lipinski definition) is 0. The highest BCUT2D eigenvalue weighted by molar-refractivity contribution is 5.66. The largest absolute Gasteiger partial charge is 0.0617 e. The van der Waals surface area contributed by atoms with E-state index < -0.39 is 0 Å². The van der Waals surface area contributed by atoms with Crippen LogP contribution in [0.1, 0.15) is 33.4 Å². The van der Waals surface area contributed by atoms with E-state index in [1.54, 1.807) is 0 Å². The van der Waals surface area contributed by atoms with Gasteiger partial charge in [-0.25, -0.2) is 0 Å². The van der Waals surface area contributed by atoms with Crippen molar-refractivity contribution >= 4 is 0 Å². The summed E-state index contributed by atoms with van der Waals surface area (Å²) in [7, 11) is 0. The van der Waals surface area contributed by atoms with Crippen LogP contribution < -0.4 is 0 Å². The first-order valence-electron chi connectivity index (χ1n) is 8.55. The van der Waals surface area contributed by atoms with Crippen molar-refractivity contribution in [1.82, 2.24) is 0 Å². The maximum atomic E-state index is 2.26. The molecule has 3 aromatic carbocycles.